The highest BCUT2D eigenvalue weighted by Gasteiger charge is 2.16. The van der Waals surface area contributed by atoms with Crippen LogP contribution >= 0.6 is 0 Å². The van der Waals surface area contributed by atoms with Gasteiger partial charge in [-0.15, -0.1) is 0 Å². The summed E-state index contributed by atoms with van der Waals surface area (Å²) in [5.41, 5.74) is 1.87. The lowest BCUT2D eigenvalue weighted by molar-refractivity contribution is 0.0965. The number of fused-ring (bicyclic) bond motifs is 1. The molecule has 0 saturated carbocycles. The van der Waals surface area contributed by atoms with Crippen LogP contribution in [0.25, 0.3) is 11.0 Å². The maximum Gasteiger partial charge on any atom is 0.205 e. The van der Waals surface area contributed by atoms with Gasteiger partial charge >= 0.3 is 0 Å². The zero-order valence-corrected chi connectivity index (χ0v) is 11.5. The fraction of sp³-hybridized carbons (Fsp3) is 0.267. The third-order valence-corrected chi connectivity index (χ3v) is 3.26. The van der Waals surface area contributed by atoms with E-state index in [0.717, 1.165) is 16.5 Å². The second-order valence-electron chi connectivity index (χ2n) is 4.74. The molecular formula is C15H15N3O2. The van der Waals surface area contributed by atoms with Crippen molar-refractivity contribution >= 4 is 16.8 Å². The molecule has 0 saturated heterocycles. The number of rotatable bonds is 4. The van der Waals surface area contributed by atoms with Gasteiger partial charge in [0, 0.05) is 11.9 Å². The second kappa shape index (κ2) is 4.92. The number of aromatic nitrogens is 3. The van der Waals surface area contributed by atoms with Gasteiger partial charge in [0.05, 0.1) is 6.42 Å². The van der Waals surface area contributed by atoms with Gasteiger partial charge in [0.25, 0.3) is 0 Å². The van der Waals surface area contributed by atoms with Crippen LogP contribution in [-0.2, 0) is 13.0 Å². The first-order chi connectivity index (χ1) is 9.67. The first-order valence-electron chi connectivity index (χ1n) is 6.57. The lowest BCUT2D eigenvalue weighted by Gasteiger charge is -2.00. The Kier molecular flexibility index (Phi) is 3.10. The molecule has 2 heterocycles. The monoisotopic (exact) mass is 269 g/mol. The van der Waals surface area contributed by atoms with Crippen molar-refractivity contribution in [2.24, 2.45) is 0 Å². The van der Waals surface area contributed by atoms with Gasteiger partial charge in [-0.1, -0.05) is 11.6 Å². The van der Waals surface area contributed by atoms with Gasteiger partial charge in [0.15, 0.2) is 5.76 Å². The van der Waals surface area contributed by atoms with Gasteiger partial charge in [-0.25, -0.2) is 9.67 Å². The van der Waals surface area contributed by atoms with Crippen molar-refractivity contribution in [3.8, 4) is 0 Å². The molecule has 2 aromatic heterocycles. The summed E-state index contributed by atoms with van der Waals surface area (Å²) in [5.74, 6) is 0.951. The standard InChI is InChI=1S/C15H15N3O2/c1-3-18-15(16-9-17-18)8-12(19)14-7-11-6-10(2)4-5-13(11)20-14/h4-7,9H,3,8H2,1-2H3. The van der Waals surface area contributed by atoms with Crippen LogP contribution in [0.1, 0.15) is 28.9 Å². The van der Waals surface area contributed by atoms with Crippen molar-refractivity contribution in [1.82, 2.24) is 14.8 Å². The number of hydrogen-bond acceptors (Lipinski definition) is 4. The Labute approximate surface area is 116 Å². The summed E-state index contributed by atoms with van der Waals surface area (Å²) in [5, 5.41) is 5.01. The highest BCUT2D eigenvalue weighted by atomic mass is 16.3. The third kappa shape index (κ3) is 2.22. The summed E-state index contributed by atoms with van der Waals surface area (Å²) in [7, 11) is 0. The minimum absolute atomic E-state index is 0.0819. The maximum absolute atomic E-state index is 12.3. The van der Waals surface area contributed by atoms with E-state index in [-0.39, 0.29) is 12.2 Å². The molecule has 0 amide bonds. The van der Waals surface area contributed by atoms with Crippen molar-refractivity contribution in [2.75, 3.05) is 0 Å². The second-order valence-corrected chi connectivity index (χ2v) is 4.74. The number of Topliss-reactive ketones (excluding diaryl/α,β-unsaturated/α-hetero) is 1. The van der Waals surface area contributed by atoms with Gasteiger partial charge in [0.1, 0.15) is 17.7 Å². The molecule has 0 atom stereocenters. The van der Waals surface area contributed by atoms with E-state index in [1.165, 1.54) is 6.33 Å². The largest absolute Gasteiger partial charge is 0.453 e. The van der Waals surface area contributed by atoms with Gasteiger partial charge in [-0.2, -0.15) is 5.10 Å². The molecule has 1 aromatic carbocycles. The summed E-state index contributed by atoms with van der Waals surface area (Å²) >= 11 is 0. The first-order valence-corrected chi connectivity index (χ1v) is 6.57. The van der Waals surface area contributed by atoms with E-state index in [1.54, 1.807) is 10.7 Å². The van der Waals surface area contributed by atoms with Crippen molar-refractivity contribution < 1.29 is 9.21 Å². The van der Waals surface area contributed by atoms with Crippen LogP contribution in [0.15, 0.2) is 35.0 Å². The fourth-order valence-corrected chi connectivity index (χ4v) is 2.22. The summed E-state index contributed by atoms with van der Waals surface area (Å²) in [6, 6.07) is 7.64. The van der Waals surface area contributed by atoms with E-state index in [0.29, 0.717) is 18.1 Å². The van der Waals surface area contributed by atoms with Gasteiger partial charge in [-0.05, 0) is 32.0 Å². The molecule has 0 N–H and O–H groups in total. The molecule has 0 aliphatic heterocycles. The topological polar surface area (TPSA) is 60.9 Å². The average Bonchev–Trinajstić information content (AvgIpc) is 3.04. The molecule has 3 rings (SSSR count). The van der Waals surface area contributed by atoms with E-state index < -0.39 is 0 Å². The van der Waals surface area contributed by atoms with Crippen LogP contribution < -0.4 is 0 Å². The minimum atomic E-state index is -0.0819. The van der Waals surface area contributed by atoms with Crippen LogP contribution in [-0.4, -0.2) is 20.5 Å². The van der Waals surface area contributed by atoms with Crippen LogP contribution in [0, 0.1) is 6.92 Å². The van der Waals surface area contributed by atoms with Crippen molar-refractivity contribution in [3.63, 3.8) is 0 Å². The number of benzene rings is 1. The predicted molar refractivity (Wildman–Crippen MR) is 74.7 cm³/mol. The van der Waals surface area contributed by atoms with Crippen LogP contribution in [0.2, 0.25) is 0 Å². The Balaban J connectivity index is 1.89. The molecule has 0 unspecified atom stereocenters. The molecule has 20 heavy (non-hydrogen) atoms. The van der Waals surface area contributed by atoms with E-state index in [9.17, 15) is 4.79 Å². The summed E-state index contributed by atoms with van der Waals surface area (Å²) in [6.07, 6.45) is 1.67. The normalized spacial score (nSPS) is 11.1. The molecule has 5 nitrogen and oxygen atoms in total. The highest BCUT2D eigenvalue weighted by Crippen LogP contribution is 2.21. The fourth-order valence-electron chi connectivity index (χ4n) is 2.22. The maximum atomic E-state index is 12.3. The molecule has 0 aliphatic carbocycles. The van der Waals surface area contributed by atoms with E-state index in [2.05, 4.69) is 10.1 Å². The van der Waals surface area contributed by atoms with Crippen molar-refractivity contribution in [2.45, 2.75) is 26.8 Å². The van der Waals surface area contributed by atoms with Crippen molar-refractivity contribution in [1.29, 1.82) is 0 Å². The Hall–Kier alpha value is -2.43. The molecule has 3 aromatic rings. The van der Waals surface area contributed by atoms with Gasteiger partial charge < -0.3 is 4.42 Å². The minimum Gasteiger partial charge on any atom is -0.453 e. The van der Waals surface area contributed by atoms with E-state index >= 15 is 0 Å². The number of nitrogens with zero attached hydrogens (tertiary/aromatic N) is 3. The zero-order chi connectivity index (χ0) is 14.1. The molecule has 0 aliphatic rings. The predicted octanol–water partition coefficient (Wildman–Crippen LogP) is 2.78. The van der Waals surface area contributed by atoms with E-state index in [4.69, 9.17) is 4.42 Å². The summed E-state index contributed by atoms with van der Waals surface area (Å²) < 4.78 is 7.31. The number of carbonyl (C=O) groups excluding carboxylic acids is 1. The summed E-state index contributed by atoms with van der Waals surface area (Å²) in [4.78, 5) is 16.4. The zero-order valence-electron chi connectivity index (χ0n) is 11.5. The lowest BCUT2D eigenvalue weighted by Crippen LogP contribution is -2.10. The Morgan fingerprint density at radius 1 is 1.35 bits per heavy atom. The number of hydrogen-bond donors (Lipinski definition) is 0. The van der Waals surface area contributed by atoms with Crippen LogP contribution in [0.5, 0.6) is 0 Å². The molecule has 5 heteroatoms. The van der Waals surface area contributed by atoms with Crippen LogP contribution in [0.3, 0.4) is 0 Å². The van der Waals surface area contributed by atoms with E-state index in [1.807, 2.05) is 32.0 Å². The van der Waals surface area contributed by atoms with Crippen molar-refractivity contribution in [3.05, 3.63) is 47.7 Å². The smallest absolute Gasteiger partial charge is 0.205 e. The molecule has 102 valence electrons. The first kappa shape index (κ1) is 12.6. The van der Waals surface area contributed by atoms with Gasteiger partial charge in [-0.3, -0.25) is 4.79 Å². The average molecular weight is 269 g/mol. The number of ketones is 1. The number of carbonyl (C=O) groups is 1. The highest BCUT2D eigenvalue weighted by molar-refractivity contribution is 5.98. The molecule has 0 fully saturated rings. The number of aryl methyl sites for hydroxylation is 2. The molecular weight excluding hydrogens is 254 g/mol. The van der Waals surface area contributed by atoms with Crippen LogP contribution in [0.4, 0.5) is 0 Å². The third-order valence-electron chi connectivity index (χ3n) is 3.26. The molecule has 0 bridgehead atoms. The number of furan rings is 1. The quantitative estimate of drug-likeness (QED) is 0.683. The Bertz CT molecular complexity index is 770. The summed E-state index contributed by atoms with van der Waals surface area (Å²) in [6.45, 7) is 4.67. The Morgan fingerprint density at radius 2 is 2.20 bits per heavy atom. The Morgan fingerprint density at radius 3 is 3.00 bits per heavy atom. The molecule has 0 radical (unpaired) electrons. The lowest BCUT2D eigenvalue weighted by atomic mass is 10.1. The SMILES string of the molecule is CCn1ncnc1CC(=O)c1cc2cc(C)ccc2o1. The van der Waals surface area contributed by atoms with Gasteiger partial charge in [0.2, 0.25) is 5.78 Å². The molecule has 0 spiro atoms.